The molecule has 0 spiro atoms. The van der Waals surface area contributed by atoms with Crippen molar-refractivity contribution in [2.75, 3.05) is 19.8 Å². The van der Waals surface area contributed by atoms with Gasteiger partial charge in [0, 0.05) is 18.1 Å². The summed E-state index contributed by atoms with van der Waals surface area (Å²) in [5, 5.41) is 8.68. The van der Waals surface area contributed by atoms with Crippen LogP contribution in [0.1, 0.15) is 16.8 Å². The summed E-state index contributed by atoms with van der Waals surface area (Å²) >= 11 is 0. The molecule has 0 aliphatic carbocycles. The van der Waals surface area contributed by atoms with E-state index in [4.69, 9.17) is 5.73 Å². The highest BCUT2D eigenvalue weighted by Crippen LogP contribution is 2.26. The number of H-pyrrole nitrogens is 1. The van der Waals surface area contributed by atoms with E-state index >= 15 is 0 Å². The van der Waals surface area contributed by atoms with Crippen LogP contribution in [0, 0.1) is 0 Å². The largest absolute Gasteiger partial charge is 0.384 e. The van der Waals surface area contributed by atoms with Gasteiger partial charge in [-0.1, -0.05) is 36.4 Å². The minimum atomic E-state index is 0.516. The fourth-order valence-corrected chi connectivity index (χ4v) is 3.25. The highest BCUT2D eigenvalue weighted by Gasteiger charge is 2.06. The molecular weight excluding hydrogens is 346 g/mol. The first-order valence-corrected chi connectivity index (χ1v) is 9.20. The third-order valence-electron chi connectivity index (χ3n) is 4.62. The minimum Gasteiger partial charge on any atom is -0.384 e. The summed E-state index contributed by atoms with van der Waals surface area (Å²) in [5.74, 6) is 0.516. The molecule has 0 aliphatic heterocycles. The van der Waals surface area contributed by atoms with Gasteiger partial charge in [0.05, 0.1) is 11.2 Å². The maximum absolute atomic E-state index is 5.80. The van der Waals surface area contributed by atoms with Crippen LogP contribution >= 0.6 is 0 Å². The monoisotopic (exact) mass is 369 g/mol. The van der Waals surface area contributed by atoms with Crippen molar-refractivity contribution in [2.45, 2.75) is 6.54 Å². The number of nitrogen functional groups attached to an aromatic ring is 1. The number of nitrogens with one attached hydrogen (secondary N) is 1. The Balaban J connectivity index is 1.57. The Labute approximate surface area is 164 Å². The Kier molecular flexibility index (Phi) is 4.91. The van der Waals surface area contributed by atoms with E-state index in [1.807, 2.05) is 18.2 Å². The van der Waals surface area contributed by atoms with Gasteiger partial charge in [-0.15, -0.1) is 0 Å². The fourth-order valence-electron chi connectivity index (χ4n) is 3.25. The third kappa shape index (κ3) is 3.94. The van der Waals surface area contributed by atoms with Gasteiger partial charge in [-0.2, -0.15) is 5.10 Å². The predicted octanol–water partition coefficient (Wildman–Crippen LogP) is 4.44. The molecule has 4 rings (SSSR count). The second-order valence-corrected chi connectivity index (χ2v) is 7.15. The zero-order valence-corrected chi connectivity index (χ0v) is 16.1. The first kappa shape index (κ1) is 17.9. The van der Waals surface area contributed by atoms with Crippen molar-refractivity contribution >= 4 is 28.9 Å². The van der Waals surface area contributed by atoms with Gasteiger partial charge < -0.3 is 10.6 Å². The summed E-state index contributed by atoms with van der Waals surface area (Å²) in [6.07, 6.45) is 5.86. The Morgan fingerprint density at radius 1 is 0.964 bits per heavy atom. The number of aromatic amines is 1. The molecule has 4 aromatic rings. The number of benzene rings is 2. The number of hydrogen-bond acceptors (Lipinski definition) is 4. The lowest BCUT2D eigenvalue weighted by Crippen LogP contribution is -2.10. The average molecular weight is 369 g/mol. The van der Waals surface area contributed by atoms with Crippen LogP contribution in [0.25, 0.3) is 34.2 Å². The fraction of sp³-hybridized carbons (Fsp3) is 0.130. The maximum Gasteiger partial charge on any atom is 0.123 e. The maximum atomic E-state index is 5.80. The Hall–Kier alpha value is -3.44. The number of nitrogens with zero attached hydrogens (tertiary/aromatic N) is 3. The predicted molar refractivity (Wildman–Crippen MR) is 116 cm³/mol. The second-order valence-electron chi connectivity index (χ2n) is 7.15. The summed E-state index contributed by atoms with van der Waals surface area (Å²) in [6, 6.07) is 18.7. The molecule has 0 radical (unpaired) electrons. The van der Waals surface area contributed by atoms with Gasteiger partial charge >= 0.3 is 0 Å². The normalized spacial score (nSPS) is 11.7. The van der Waals surface area contributed by atoms with Crippen molar-refractivity contribution in [1.29, 1.82) is 0 Å². The molecule has 2 heterocycles. The minimum absolute atomic E-state index is 0.516. The first-order chi connectivity index (χ1) is 13.6. The van der Waals surface area contributed by atoms with Crippen LogP contribution in [0.3, 0.4) is 0 Å². The lowest BCUT2D eigenvalue weighted by molar-refractivity contribution is 0.402. The number of nitrogens with two attached hydrogens (primary N) is 1. The number of anilines is 1. The third-order valence-corrected chi connectivity index (χ3v) is 4.62. The van der Waals surface area contributed by atoms with Crippen molar-refractivity contribution in [1.82, 2.24) is 20.1 Å². The molecule has 2 aromatic heterocycles. The molecule has 0 amide bonds. The molecule has 5 heteroatoms. The van der Waals surface area contributed by atoms with Crippen LogP contribution < -0.4 is 5.73 Å². The molecule has 28 heavy (non-hydrogen) atoms. The number of hydrogen-bond donors (Lipinski definition) is 2. The van der Waals surface area contributed by atoms with E-state index in [0.717, 1.165) is 39.8 Å². The summed E-state index contributed by atoms with van der Waals surface area (Å²) < 4.78 is 0. The van der Waals surface area contributed by atoms with Crippen LogP contribution in [-0.4, -0.2) is 34.2 Å². The standard InChI is InChI=1S/C23H23N5/c1-28(2)15-17-5-3-16(4-6-17)7-10-21-20-9-8-18(13-22(20)27-26-21)19-11-12-25-23(24)14-19/h3-14H,15H2,1-2H3,(H2,24,25)(H,26,27)/b10-7+. The molecule has 0 atom stereocenters. The van der Waals surface area contributed by atoms with E-state index in [1.165, 1.54) is 5.56 Å². The van der Waals surface area contributed by atoms with Gasteiger partial charge in [-0.3, -0.25) is 5.10 Å². The highest BCUT2D eigenvalue weighted by molar-refractivity contribution is 5.92. The molecular formula is C23H23N5. The van der Waals surface area contributed by atoms with Crippen molar-refractivity contribution < 1.29 is 0 Å². The Morgan fingerprint density at radius 2 is 1.75 bits per heavy atom. The van der Waals surface area contributed by atoms with Gasteiger partial charge in [-0.25, -0.2) is 4.98 Å². The molecule has 140 valence electrons. The Morgan fingerprint density at radius 3 is 2.50 bits per heavy atom. The smallest absolute Gasteiger partial charge is 0.123 e. The quantitative estimate of drug-likeness (QED) is 0.546. The number of aromatic nitrogens is 3. The molecule has 3 N–H and O–H groups in total. The van der Waals surface area contributed by atoms with Gasteiger partial charge in [0.25, 0.3) is 0 Å². The van der Waals surface area contributed by atoms with Gasteiger partial charge in [-0.05, 0) is 66.7 Å². The summed E-state index contributed by atoms with van der Waals surface area (Å²) in [5.41, 5.74) is 12.3. The van der Waals surface area contributed by atoms with Crippen molar-refractivity contribution in [3.63, 3.8) is 0 Å². The highest BCUT2D eigenvalue weighted by atomic mass is 15.1. The molecule has 0 unspecified atom stereocenters. The van der Waals surface area contributed by atoms with Gasteiger partial charge in [0.1, 0.15) is 5.82 Å². The number of pyridine rings is 1. The number of fused-ring (bicyclic) bond motifs is 1. The molecule has 0 fully saturated rings. The molecule has 0 saturated heterocycles. The van der Waals surface area contributed by atoms with Crippen molar-refractivity contribution in [2.24, 2.45) is 0 Å². The summed E-state index contributed by atoms with van der Waals surface area (Å²) in [6.45, 7) is 0.944. The molecule has 0 saturated carbocycles. The van der Waals surface area contributed by atoms with Crippen LogP contribution in [0.5, 0.6) is 0 Å². The zero-order chi connectivity index (χ0) is 19.5. The average Bonchev–Trinajstić information content (AvgIpc) is 3.09. The molecule has 0 bridgehead atoms. The summed E-state index contributed by atoms with van der Waals surface area (Å²) in [4.78, 5) is 6.21. The first-order valence-electron chi connectivity index (χ1n) is 9.20. The van der Waals surface area contributed by atoms with Crippen LogP contribution in [-0.2, 0) is 6.54 Å². The van der Waals surface area contributed by atoms with E-state index in [-0.39, 0.29) is 0 Å². The van der Waals surface area contributed by atoms with Gasteiger partial charge in [0.2, 0.25) is 0 Å². The van der Waals surface area contributed by atoms with Gasteiger partial charge in [0.15, 0.2) is 0 Å². The summed E-state index contributed by atoms with van der Waals surface area (Å²) in [7, 11) is 4.15. The van der Waals surface area contributed by atoms with Crippen LogP contribution in [0.4, 0.5) is 5.82 Å². The molecule has 5 nitrogen and oxygen atoms in total. The van der Waals surface area contributed by atoms with E-state index in [9.17, 15) is 0 Å². The van der Waals surface area contributed by atoms with Crippen molar-refractivity contribution in [3.8, 4) is 11.1 Å². The lowest BCUT2D eigenvalue weighted by atomic mass is 10.0. The molecule has 2 aromatic carbocycles. The lowest BCUT2D eigenvalue weighted by Gasteiger charge is -2.09. The van der Waals surface area contributed by atoms with E-state index in [2.05, 4.69) is 82.7 Å². The van der Waals surface area contributed by atoms with E-state index in [0.29, 0.717) is 5.82 Å². The van der Waals surface area contributed by atoms with Crippen LogP contribution in [0.15, 0.2) is 60.8 Å². The van der Waals surface area contributed by atoms with E-state index < -0.39 is 0 Å². The number of rotatable bonds is 5. The SMILES string of the molecule is CN(C)Cc1ccc(/C=C/c2n[nH]c3cc(-c4ccnc(N)c4)ccc23)cc1. The second kappa shape index (κ2) is 7.66. The van der Waals surface area contributed by atoms with E-state index in [1.54, 1.807) is 6.20 Å². The topological polar surface area (TPSA) is 70.8 Å². The van der Waals surface area contributed by atoms with Crippen molar-refractivity contribution in [3.05, 3.63) is 77.6 Å². The Bertz CT molecular complexity index is 1120. The molecule has 0 aliphatic rings. The zero-order valence-electron chi connectivity index (χ0n) is 16.1. The van der Waals surface area contributed by atoms with Crippen LogP contribution in [0.2, 0.25) is 0 Å².